The van der Waals surface area contributed by atoms with Gasteiger partial charge in [-0.25, -0.2) is 4.79 Å². The summed E-state index contributed by atoms with van der Waals surface area (Å²) in [5.74, 6) is -1.34. The van der Waals surface area contributed by atoms with Crippen LogP contribution in [0.1, 0.15) is 57.0 Å². The van der Waals surface area contributed by atoms with Gasteiger partial charge < -0.3 is 25.5 Å². The molecule has 0 radical (unpaired) electrons. The van der Waals surface area contributed by atoms with Gasteiger partial charge in [-0.05, 0) is 43.9 Å². The molecule has 9 heteroatoms. The van der Waals surface area contributed by atoms with Crippen molar-refractivity contribution < 1.29 is 23.5 Å². The van der Waals surface area contributed by atoms with Crippen LogP contribution in [0.5, 0.6) is 0 Å². The second-order valence-corrected chi connectivity index (χ2v) is 9.87. The van der Waals surface area contributed by atoms with E-state index in [4.69, 9.17) is 14.9 Å². The highest BCUT2D eigenvalue weighted by Crippen LogP contribution is 2.47. The van der Waals surface area contributed by atoms with Gasteiger partial charge in [0.05, 0.1) is 0 Å². The molecule has 3 amide bonds. The van der Waals surface area contributed by atoms with Crippen LogP contribution in [0.3, 0.4) is 0 Å². The molecule has 1 fully saturated rings. The Morgan fingerprint density at radius 3 is 2.42 bits per heavy atom. The number of amides is 3. The third kappa shape index (κ3) is 4.56. The lowest BCUT2D eigenvalue weighted by molar-refractivity contribution is -0.128. The smallest absolute Gasteiger partial charge is 0.407 e. The van der Waals surface area contributed by atoms with Crippen LogP contribution in [0.2, 0.25) is 0 Å². The number of primary amides is 1. The lowest BCUT2D eigenvalue weighted by atomic mass is 9.65. The Hall–Kier alpha value is -2.55. The maximum atomic E-state index is 13.1. The standard InChI is InChI=1S/C22H28BrN3O5/c1-21(2,3)22(31-20(29)25-4)9-7-12(8-10-22)19(28)26-16-14-11-13(23)5-6-15(14)30-17(16)18(24)27/h5-6,11-12H,7-10H2,1-4H3,(H2,24,27)(H,25,29)(H,26,28). The number of anilines is 1. The average molecular weight is 494 g/mol. The molecule has 3 rings (SSSR count). The molecule has 31 heavy (non-hydrogen) atoms. The van der Waals surface area contributed by atoms with Crippen molar-refractivity contribution in [2.24, 2.45) is 17.1 Å². The van der Waals surface area contributed by atoms with Gasteiger partial charge in [0.2, 0.25) is 11.7 Å². The normalized spacial score (nSPS) is 21.5. The van der Waals surface area contributed by atoms with Gasteiger partial charge in [-0.15, -0.1) is 0 Å². The molecule has 0 spiro atoms. The Balaban J connectivity index is 1.80. The number of carbonyl (C=O) groups is 3. The maximum absolute atomic E-state index is 13.1. The zero-order chi connectivity index (χ0) is 23.0. The molecule has 0 aliphatic heterocycles. The highest BCUT2D eigenvalue weighted by atomic mass is 79.9. The monoisotopic (exact) mass is 493 g/mol. The fraction of sp³-hybridized carbons (Fsp3) is 0.500. The van der Waals surface area contributed by atoms with Crippen molar-refractivity contribution in [3.63, 3.8) is 0 Å². The van der Waals surface area contributed by atoms with Crippen LogP contribution in [-0.2, 0) is 9.53 Å². The topological polar surface area (TPSA) is 124 Å². The molecule has 0 unspecified atom stereocenters. The summed E-state index contributed by atoms with van der Waals surface area (Å²) in [5, 5.41) is 5.96. The molecular formula is C22H28BrN3O5. The fourth-order valence-electron chi connectivity index (χ4n) is 4.17. The van der Waals surface area contributed by atoms with E-state index in [1.54, 1.807) is 18.2 Å². The minimum absolute atomic E-state index is 0.0794. The predicted molar refractivity (Wildman–Crippen MR) is 121 cm³/mol. The minimum atomic E-state index is -0.753. The van der Waals surface area contributed by atoms with Crippen molar-refractivity contribution in [3.05, 3.63) is 28.4 Å². The van der Waals surface area contributed by atoms with Gasteiger partial charge in [0.1, 0.15) is 16.9 Å². The van der Waals surface area contributed by atoms with Gasteiger partial charge in [0, 0.05) is 28.2 Å². The summed E-state index contributed by atoms with van der Waals surface area (Å²) >= 11 is 3.40. The molecule has 4 N–H and O–H groups in total. The largest absolute Gasteiger partial charge is 0.449 e. The molecule has 2 aromatic rings. The molecular weight excluding hydrogens is 466 g/mol. The molecule has 1 heterocycles. The first-order valence-corrected chi connectivity index (χ1v) is 11.0. The second kappa shape index (κ2) is 8.53. The Morgan fingerprint density at radius 2 is 1.87 bits per heavy atom. The molecule has 1 aliphatic carbocycles. The van der Waals surface area contributed by atoms with E-state index >= 15 is 0 Å². The van der Waals surface area contributed by atoms with E-state index in [9.17, 15) is 14.4 Å². The summed E-state index contributed by atoms with van der Waals surface area (Å²) in [5.41, 5.74) is 5.26. The summed E-state index contributed by atoms with van der Waals surface area (Å²) in [4.78, 5) is 36.9. The maximum Gasteiger partial charge on any atom is 0.407 e. The van der Waals surface area contributed by atoms with Crippen LogP contribution < -0.4 is 16.4 Å². The van der Waals surface area contributed by atoms with E-state index in [2.05, 4.69) is 26.6 Å². The molecule has 8 nitrogen and oxygen atoms in total. The molecule has 1 aromatic heterocycles. The van der Waals surface area contributed by atoms with E-state index in [0.29, 0.717) is 36.7 Å². The van der Waals surface area contributed by atoms with Gasteiger partial charge in [0.15, 0.2) is 0 Å². The summed E-state index contributed by atoms with van der Waals surface area (Å²) < 4.78 is 12.1. The Labute approximate surface area is 189 Å². The molecule has 0 atom stereocenters. The zero-order valence-electron chi connectivity index (χ0n) is 18.1. The van der Waals surface area contributed by atoms with Crippen molar-refractivity contribution >= 4 is 50.5 Å². The van der Waals surface area contributed by atoms with E-state index < -0.39 is 17.6 Å². The first-order chi connectivity index (χ1) is 14.5. The number of nitrogens with two attached hydrogens (primary N) is 1. The SMILES string of the molecule is CNC(=O)OC1(C(C)(C)C)CCC(C(=O)Nc2c(C(N)=O)oc3ccc(Br)cc23)CC1. The molecule has 0 bridgehead atoms. The number of hydrogen-bond acceptors (Lipinski definition) is 5. The Morgan fingerprint density at radius 1 is 1.23 bits per heavy atom. The van der Waals surface area contributed by atoms with Gasteiger partial charge in [0.25, 0.3) is 5.91 Å². The molecule has 168 valence electrons. The van der Waals surface area contributed by atoms with Gasteiger partial charge in [-0.2, -0.15) is 0 Å². The lowest BCUT2D eigenvalue weighted by Gasteiger charge is -2.47. The molecule has 1 saturated carbocycles. The van der Waals surface area contributed by atoms with Crippen LogP contribution in [0.15, 0.2) is 27.1 Å². The number of benzene rings is 1. The zero-order valence-corrected chi connectivity index (χ0v) is 19.7. The van der Waals surface area contributed by atoms with Crippen molar-refractivity contribution in [1.82, 2.24) is 5.32 Å². The van der Waals surface area contributed by atoms with Crippen LogP contribution in [0.4, 0.5) is 10.5 Å². The lowest BCUT2D eigenvalue weighted by Crippen LogP contribution is -2.51. The average Bonchev–Trinajstić information content (AvgIpc) is 3.05. The fourth-order valence-corrected chi connectivity index (χ4v) is 4.53. The van der Waals surface area contributed by atoms with Gasteiger partial charge in [-0.1, -0.05) is 36.7 Å². The van der Waals surface area contributed by atoms with Crippen molar-refractivity contribution in [2.75, 3.05) is 12.4 Å². The third-order valence-electron chi connectivity index (χ3n) is 6.15. The van der Waals surface area contributed by atoms with Crippen LogP contribution in [0.25, 0.3) is 11.0 Å². The van der Waals surface area contributed by atoms with Crippen molar-refractivity contribution in [1.29, 1.82) is 0 Å². The van der Waals surface area contributed by atoms with E-state index in [0.717, 1.165) is 4.47 Å². The second-order valence-electron chi connectivity index (χ2n) is 8.96. The van der Waals surface area contributed by atoms with E-state index in [1.807, 2.05) is 20.8 Å². The number of carbonyl (C=O) groups excluding carboxylic acids is 3. The highest BCUT2D eigenvalue weighted by molar-refractivity contribution is 9.10. The quantitative estimate of drug-likeness (QED) is 0.575. The van der Waals surface area contributed by atoms with Crippen LogP contribution >= 0.6 is 15.9 Å². The van der Waals surface area contributed by atoms with Gasteiger partial charge in [-0.3, -0.25) is 9.59 Å². The molecule has 1 aromatic carbocycles. The summed E-state index contributed by atoms with van der Waals surface area (Å²) in [6.07, 6.45) is 1.74. The number of nitrogens with one attached hydrogen (secondary N) is 2. The summed E-state index contributed by atoms with van der Waals surface area (Å²) in [6, 6.07) is 5.25. The Bertz CT molecular complexity index is 1020. The number of fused-ring (bicyclic) bond motifs is 1. The minimum Gasteiger partial charge on any atom is -0.449 e. The Kier molecular flexibility index (Phi) is 6.36. The number of furan rings is 1. The van der Waals surface area contributed by atoms with Crippen LogP contribution in [0, 0.1) is 11.3 Å². The summed E-state index contributed by atoms with van der Waals surface area (Å²) in [6.45, 7) is 6.10. The van der Waals surface area contributed by atoms with E-state index in [1.165, 1.54) is 7.05 Å². The van der Waals surface area contributed by atoms with Crippen LogP contribution in [-0.4, -0.2) is 30.6 Å². The number of halogens is 1. The number of rotatable bonds is 4. The van der Waals surface area contributed by atoms with Crippen molar-refractivity contribution in [2.45, 2.75) is 52.1 Å². The molecule has 0 saturated heterocycles. The first kappa shape index (κ1) is 23.1. The third-order valence-corrected chi connectivity index (χ3v) is 6.64. The number of hydrogen-bond donors (Lipinski definition) is 3. The van der Waals surface area contributed by atoms with Crippen molar-refractivity contribution in [3.8, 4) is 0 Å². The number of ether oxygens (including phenoxy) is 1. The number of alkyl carbamates (subject to hydrolysis) is 1. The van der Waals surface area contributed by atoms with E-state index in [-0.39, 0.29) is 28.7 Å². The highest BCUT2D eigenvalue weighted by Gasteiger charge is 2.48. The summed E-state index contributed by atoms with van der Waals surface area (Å²) in [7, 11) is 1.53. The van der Waals surface area contributed by atoms with Gasteiger partial charge >= 0.3 is 6.09 Å². The molecule has 1 aliphatic rings. The predicted octanol–water partition coefficient (Wildman–Crippen LogP) is 4.56. The first-order valence-electron chi connectivity index (χ1n) is 10.2.